The molecule has 0 N–H and O–H groups in total. The van der Waals surface area contributed by atoms with Gasteiger partial charge in [-0.3, -0.25) is 14.4 Å². The van der Waals surface area contributed by atoms with Crippen molar-refractivity contribution in [1.82, 2.24) is 24.1 Å². The zero-order chi connectivity index (χ0) is 26.9. The maximum Gasteiger partial charge on any atom is 0.253 e. The number of aromatic nitrogens is 3. The molecule has 0 saturated carbocycles. The topological polar surface area (TPSA) is 80.4 Å². The van der Waals surface area contributed by atoms with Crippen LogP contribution >= 0.6 is 50.6 Å². The average molecular weight is 627 g/mol. The Morgan fingerprint density at radius 1 is 1.16 bits per heavy atom. The fourth-order valence-corrected chi connectivity index (χ4v) is 6.49. The highest BCUT2D eigenvalue weighted by Gasteiger charge is 2.28. The molecule has 3 aromatic heterocycles. The first-order valence-electron chi connectivity index (χ1n) is 11.8. The Bertz CT molecular complexity index is 1370. The highest BCUT2D eigenvalue weighted by molar-refractivity contribution is 9.10. The average Bonchev–Trinajstić information content (AvgIpc) is 3.45. The number of halogens is 2. The molecule has 4 heterocycles. The third-order valence-electron chi connectivity index (χ3n) is 6.02. The van der Waals surface area contributed by atoms with Gasteiger partial charge in [0, 0.05) is 64.5 Å². The molecule has 0 atom stereocenters. The summed E-state index contributed by atoms with van der Waals surface area (Å²) in [5, 5.41) is 5.28. The summed E-state index contributed by atoms with van der Waals surface area (Å²) in [6, 6.07) is 7.10. The van der Waals surface area contributed by atoms with Crippen LogP contribution in [0.4, 0.5) is 0 Å². The van der Waals surface area contributed by atoms with E-state index < -0.39 is 5.41 Å². The van der Waals surface area contributed by atoms with Crippen LogP contribution in [0.25, 0.3) is 11.3 Å². The van der Waals surface area contributed by atoms with Crippen molar-refractivity contribution in [3.05, 3.63) is 54.5 Å². The van der Waals surface area contributed by atoms with Crippen molar-refractivity contribution in [2.45, 2.75) is 38.1 Å². The zero-order valence-electron chi connectivity index (χ0n) is 21.2. The quantitative estimate of drug-likeness (QED) is 0.361. The number of thiophene rings is 1. The largest absolute Gasteiger partial charge is 0.339 e. The molecule has 4 rings (SSSR count). The summed E-state index contributed by atoms with van der Waals surface area (Å²) in [5.74, 6) is 0.409. The van der Waals surface area contributed by atoms with Gasteiger partial charge in [0.15, 0.2) is 0 Å². The molecule has 12 heteroatoms. The number of hydrogen-bond acceptors (Lipinski definition) is 7. The molecule has 8 nitrogen and oxygen atoms in total. The second kappa shape index (κ2) is 11.4. The van der Waals surface area contributed by atoms with Gasteiger partial charge >= 0.3 is 0 Å². The summed E-state index contributed by atoms with van der Waals surface area (Å²) in [6.07, 6.45) is 1.62. The van der Waals surface area contributed by atoms with E-state index in [1.807, 2.05) is 46.0 Å². The van der Waals surface area contributed by atoms with E-state index in [2.05, 4.69) is 25.9 Å². The van der Waals surface area contributed by atoms with Gasteiger partial charge in [0.1, 0.15) is 11.6 Å². The van der Waals surface area contributed by atoms with Crippen LogP contribution < -0.4 is 5.56 Å². The van der Waals surface area contributed by atoms with E-state index in [0.717, 1.165) is 18.0 Å². The SMILES string of the molecule is CN1CCN(C(=O)Cn2cc(Br)c(-c3cc(SCc4ccc(Cl)s4)n(C(=O)C(C)(C)C)n3)cc2=O)CC1. The standard InChI is InChI=1S/C25H29BrClN5O3S2/c1-25(2,3)24(35)32-23(36-15-16-5-6-20(27)37-16)12-19(28-32)17-11-21(33)31(13-18(17)26)14-22(34)30-9-7-29(4)8-10-30/h5-6,11-13H,7-10,14-15H2,1-4H3. The van der Waals surface area contributed by atoms with Crippen molar-refractivity contribution in [2.75, 3.05) is 33.2 Å². The van der Waals surface area contributed by atoms with E-state index >= 15 is 0 Å². The highest BCUT2D eigenvalue weighted by atomic mass is 79.9. The fourth-order valence-electron chi connectivity index (χ4n) is 3.80. The predicted octanol–water partition coefficient (Wildman–Crippen LogP) is 4.94. The van der Waals surface area contributed by atoms with Gasteiger partial charge in [-0.25, -0.2) is 0 Å². The van der Waals surface area contributed by atoms with Crippen molar-refractivity contribution < 1.29 is 9.59 Å². The summed E-state index contributed by atoms with van der Waals surface area (Å²) in [4.78, 5) is 44.0. The van der Waals surface area contributed by atoms with Crippen LogP contribution in [-0.4, -0.2) is 69.2 Å². The lowest BCUT2D eigenvalue weighted by Gasteiger charge is -2.32. The summed E-state index contributed by atoms with van der Waals surface area (Å²) in [6.45, 7) is 8.46. The van der Waals surface area contributed by atoms with Gasteiger partial charge in [-0.1, -0.05) is 32.4 Å². The first-order valence-corrected chi connectivity index (χ1v) is 14.8. The Kier molecular flexibility index (Phi) is 8.69. The minimum Gasteiger partial charge on any atom is -0.339 e. The molecule has 1 amide bonds. The van der Waals surface area contributed by atoms with Crippen LogP contribution in [0, 0.1) is 5.41 Å². The number of amides is 1. The predicted molar refractivity (Wildman–Crippen MR) is 153 cm³/mol. The highest BCUT2D eigenvalue weighted by Crippen LogP contribution is 2.34. The van der Waals surface area contributed by atoms with Gasteiger partial charge in [0.05, 0.1) is 10.0 Å². The molecule has 0 bridgehead atoms. The number of rotatable bonds is 6. The van der Waals surface area contributed by atoms with Crippen molar-refractivity contribution in [2.24, 2.45) is 5.41 Å². The molecule has 0 aromatic carbocycles. The molecular formula is C25H29BrClN5O3S2. The molecule has 0 radical (unpaired) electrons. The molecule has 1 aliphatic rings. The third-order valence-corrected chi connectivity index (χ3v) is 9.10. The van der Waals surface area contributed by atoms with Crippen molar-refractivity contribution in [3.8, 4) is 11.3 Å². The third kappa shape index (κ3) is 6.75. The lowest BCUT2D eigenvalue weighted by Crippen LogP contribution is -2.48. The van der Waals surface area contributed by atoms with Gasteiger partial charge in [-0.15, -0.1) is 23.1 Å². The Morgan fingerprint density at radius 3 is 2.49 bits per heavy atom. The van der Waals surface area contributed by atoms with Gasteiger partial charge < -0.3 is 14.4 Å². The summed E-state index contributed by atoms with van der Waals surface area (Å²) in [5.41, 5.74) is 0.121. The van der Waals surface area contributed by atoms with Crippen molar-refractivity contribution in [3.63, 3.8) is 0 Å². The fraction of sp³-hybridized carbons (Fsp3) is 0.440. The number of likely N-dealkylation sites (N-methyl/N-ethyl adjacent to an activating group) is 1. The number of carbonyl (C=O) groups is 2. The van der Waals surface area contributed by atoms with Gasteiger partial charge in [-0.2, -0.15) is 9.78 Å². The number of thioether (sulfide) groups is 1. The van der Waals surface area contributed by atoms with Crippen LogP contribution in [0.15, 0.2) is 44.8 Å². The number of piperazine rings is 1. The maximum atomic E-state index is 13.2. The number of pyridine rings is 1. The molecule has 0 unspecified atom stereocenters. The van der Waals surface area contributed by atoms with E-state index in [4.69, 9.17) is 11.6 Å². The maximum absolute atomic E-state index is 13.2. The van der Waals surface area contributed by atoms with Crippen molar-refractivity contribution in [1.29, 1.82) is 0 Å². The summed E-state index contributed by atoms with van der Waals surface area (Å²) in [7, 11) is 2.03. The Labute approximate surface area is 237 Å². The molecule has 1 aliphatic heterocycles. The van der Waals surface area contributed by atoms with Crippen LogP contribution in [0.1, 0.15) is 30.4 Å². The van der Waals surface area contributed by atoms with E-state index in [1.165, 1.54) is 38.4 Å². The molecule has 1 saturated heterocycles. The van der Waals surface area contributed by atoms with E-state index in [-0.39, 0.29) is 23.9 Å². The molecule has 1 fully saturated rings. The van der Waals surface area contributed by atoms with Crippen molar-refractivity contribution >= 4 is 62.4 Å². The van der Waals surface area contributed by atoms with E-state index in [0.29, 0.717) is 43.9 Å². The van der Waals surface area contributed by atoms with Crippen LogP contribution in [0.2, 0.25) is 4.34 Å². The minimum atomic E-state index is -0.644. The van der Waals surface area contributed by atoms with E-state index in [9.17, 15) is 14.4 Å². The number of nitrogens with zero attached hydrogens (tertiary/aromatic N) is 5. The molecule has 37 heavy (non-hydrogen) atoms. The summed E-state index contributed by atoms with van der Waals surface area (Å²) >= 11 is 12.6. The second-order valence-electron chi connectivity index (χ2n) is 10.0. The smallest absolute Gasteiger partial charge is 0.253 e. The minimum absolute atomic E-state index is 0.0249. The van der Waals surface area contributed by atoms with Crippen LogP contribution in [-0.2, 0) is 17.1 Å². The Hall–Kier alpha value is -1.92. The van der Waals surface area contributed by atoms with Crippen LogP contribution in [0.3, 0.4) is 0 Å². The Balaban J connectivity index is 1.60. The molecular weight excluding hydrogens is 598 g/mol. The monoisotopic (exact) mass is 625 g/mol. The second-order valence-corrected chi connectivity index (χ2v) is 13.7. The van der Waals surface area contributed by atoms with Crippen LogP contribution in [0.5, 0.6) is 0 Å². The summed E-state index contributed by atoms with van der Waals surface area (Å²) < 4.78 is 4.16. The molecule has 198 valence electrons. The first-order chi connectivity index (χ1) is 17.4. The zero-order valence-corrected chi connectivity index (χ0v) is 25.1. The molecule has 0 aliphatic carbocycles. The number of hydrogen-bond donors (Lipinski definition) is 0. The lowest BCUT2D eigenvalue weighted by molar-refractivity contribution is -0.133. The molecule has 0 spiro atoms. The normalized spacial score (nSPS) is 14.8. The van der Waals surface area contributed by atoms with E-state index in [1.54, 1.807) is 11.1 Å². The number of carbonyl (C=O) groups excluding carboxylic acids is 2. The van der Waals surface area contributed by atoms with Gasteiger partial charge in [-0.05, 0) is 41.2 Å². The molecule has 3 aromatic rings. The first kappa shape index (κ1) is 28.1. The van der Waals surface area contributed by atoms with Gasteiger partial charge in [0.2, 0.25) is 5.91 Å². The Morgan fingerprint density at radius 2 is 1.86 bits per heavy atom. The lowest BCUT2D eigenvalue weighted by atomic mass is 9.96. The van der Waals surface area contributed by atoms with Gasteiger partial charge in [0.25, 0.3) is 11.5 Å².